The number of benzene rings is 1. The van der Waals surface area contributed by atoms with Crippen LogP contribution in [-0.2, 0) is 9.59 Å². The first-order valence-electron chi connectivity index (χ1n) is 10.5. The molecule has 1 N–H and O–H groups in total. The minimum absolute atomic E-state index is 0.00845. The Morgan fingerprint density at radius 3 is 2.52 bits per heavy atom. The van der Waals surface area contributed by atoms with Gasteiger partial charge in [-0.25, -0.2) is 0 Å². The summed E-state index contributed by atoms with van der Waals surface area (Å²) in [5.41, 5.74) is 0. The van der Waals surface area contributed by atoms with Crippen LogP contribution in [0.2, 0.25) is 0 Å². The Morgan fingerprint density at radius 1 is 1.07 bits per heavy atom. The Hall–Kier alpha value is -2.04. The highest BCUT2D eigenvalue weighted by Crippen LogP contribution is 2.30. The van der Waals surface area contributed by atoms with E-state index in [4.69, 9.17) is 4.74 Å². The fraction of sp³-hybridized carbons (Fsp3) is 0.636. The van der Waals surface area contributed by atoms with Gasteiger partial charge in [0.25, 0.3) is 0 Å². The van der Waals surface area contributed by atoms with Crippen molar-refractivity contribution in [1.29, 1.82) is 0 Å². The number of hydrogen-bond acceptors (Lipinski definition) is 3. The predicted molar refractivity (Wildman–Crippen MR) is 103 cm³/mol. The SMILES string of the molecule is O=C(NC1CC1)[C@@H]1C[C@H](Oc2ccccc2)CN1C(=O)CCC1CCCC1. The molecule has 1 heterocycles. The maximum atomic E-state index is 12.9. The summed E-state index contributed by atoms with van der Waals surface area (Å²) in [7, 11) is 0. The molecule has 0 spiro atoms. The number of hydrogen-bond donors (Lipinski definition) is 1. The molecule has 2 atom stereocenters. The maximum absolute atomic E-state index is 12.9. The van der Waals surface area contributed by atoms with Crippen molar-refractivity contribution >= 4 is 11.8 Å². The van der Waals surface area contributed by atoms with Crippen molar-refractivity contribution in [1.82, 2.24) is 10.2 Å². The Balaban J connectivity index is 1.38. The van der Waals surface area contributed by atoms with E-state index in [9.17, 15) is 9.59 Å². The number of carbonyl (C=O) groups is 2. The molecular weight excluding hydrogens is 340 g/mol. The molecular formula is C22H30N2O3. The lowest BCUT2D eigenvalue weighted by molar-refractivity contribution is -0.138. The van der Waals surface area contributed by atoms with Gasteiger partial charge in [-0.2, -0.15) is 0 Å². The van der Waals surface area contributed by atoms with E-state index in [-0.39, 0.29) is 17.9 Å². The van der Waals surface area contributed by atoms with Gasteiger partial charge < -0.3 is 15.0 Å². The number of nitrogens with zero attached hydrogens (tertiary/aromatic N) is 1. The second-order valence-electron chi connectivity index (χ2n) is 8.32. The molecule has 1 saturated heterocycles. The van der Waals surface area contributed by atoms with Crippen molar-refractivity contribution in [2.45, 2.75) is 76.0 Å². The molecule has 0 bridgehead atoms. The van der Waals surface area contributed by atoms with Crippen LogP contribution in [0, 0.1) is 5.92 Å². The third kappa shape index (κ3) is 4.82. The number of ether oxygens (including phenoxy) is 1. The second kappa shape index (κ2) is 8.32. The van der Waals surface area contributed by atoms with Gasteiger partial charge in [-0.05, 0) is 37.3 Å². The number of para-hydroxylation sites is 1. The molecule has 1 aromatic rings. The van der Waals surface area contributed by atoms with E-state index in [1.165, 1.54) is 25.7 Å². The van der Waals surface area contributed by atoms with Crippen molar-refractivity contribution in [2.24, 2.45) is 5.92 Å². The average molecular weight is 370 g/mol. The van der Waals surface area contributed by atoms with Crippen LogP contribution in [-0.4, -0.2) is 41.4 Å². The standard InChI is InChI=1S/C22H30N2O3/c25-21(13-10-16-6-4-5-7-16)24-15-19(27-18-8-2-1-3-9-18)14-20(24)22(26)23-17-11-12-17/h1-3,8-9,16-17,19-20H,4-7,10-15H2,(H,23,26)/t19-,20-/m0/s1. The van der Waals surface area contributed by atoms with Gasteiger partial charge in [0.2, 0.25) is 11.8 Å². The molecule has 1 aliphatic heterocycles. The van der Waals surface area contributed by atoms with Gasteiger partial charge in [-0.3, -0.25) is 9.59 Å². The predicted octanol–water partition coefficient (Wildman–Crippen LogP) is 3.28. The van der Waals surface area contributed by atoms with Crippen LogP contribution >= 0.6 is 0 Å². The molecule has 4 rings (SSSR count). The highest BCUT2D eigenvalue weighted by Gasteiger charge is 2.41. The Labute approximate surface area is 161 Å². The molecule has 2 aliphatic carbocycles. The average Bonchev–Trinajstić information content (AvgIpc) is 3.17. The quantitative estimate of drug-likeness (QED) is 0.801. The van der Waals surface area contributed by atoms with Crippen LogP contribution in [0.25, 0.3) is 0 Å². The zero-order chi connectivity index (χ0) is 18.6. The molecule has 0 aromatic heterocycles. The van der Waals surface area contributed by atoms with E-state index in [2.05, 4.69) is 5.32 Å². The number of amides is 2. The summed E-state index contributed by atoms with van der Waals surface area (Å²) in [4.78, 5) is 27.4. The molecule has 1 aromatic carbocycles. The van der Waals surface area contributed by atoms with Gasteiger partial charge in [0, 0.05) is 18.9 Å². The van der Waals surface area contributed by atoms with E-state index in [0.29, 0.717) is 31.3 Å². The molecule has 2 saturated carbocycles. The lowest BCUT2D eigenvalue weighted by Crippen LogP contribution is -2.46. The first-order chi connectivity index (χ1) is 13.2. The van der Waals surface area contributed by atoms with Crippen LogP contribution in [0.1, 0.15) is 57.8 Å². The largest absolute Gasteiger partial charge is 0.488 e. The van der Waals surface area contributed by atoms with Gasteiger partial charge in [-0.15, -0.1) is 0 Å². The Morgan fingerprint density at radius 2 is 1.81 bits per heavy atom. The molecule has 5 heteroatoms. The van der Waals surface area contributed by atoms with Gasteiger partial charge >= 0.3 is 0 Å². The smallest absolute Gasteiger partial charge is 0.243 e. The third-order valence-corrected chi connectivity index (χ3v) is 6.10. The van der Waals surface area contributed by atoms with Crippen LogP contribution in [0.15, 0.2) is 30.3 Å². The monoisotopic (exact) mass is 370 g/mol. The number of nitrogens with one attached hydrogen (secondary N) is 1. The number of rotatable bonds is 7. The summed E-state index contributed by atoms with van der Waals surface area (Å²) >= 11 is 0. The first kappa shape index (κ1) is 18.3. The molecule has 5 nitrogen and oxygen atoms in total. The fourth-order valence-corrected chi connectivity index (χ4v) is 4.39. The topological polar surface area (TPSA) is 58.6 Å². The van der Waals surface area contributed by atoms with Gasteiger partial charge in [-0.1, -0.05) is 43.9 Å². The van der Waals surface area contributed by atoms with E-state index in [1.54, 1.807) is 4.90 Å². The Kier molecular flexibility index (Phi) is 5.65. The fourth-order valence-electron chi connectivity index (χ4n) is 4.39. The third-order valence-electron chi connectivity index (χ3n) is 6.10. The van der Waals surface area contributed by atoms with Crippen molar-refractivity contribution in [2.75, 3.05) is 6.54 Å². The van der Waals surface area contributed by atoms with Crippen LogP contribution in [0.3, 0.4) is 0 Å². The summed E-state index contributed by atoms with van der Waals surface area (Å²) in [6, 6.07) is 9.58. The summed E-state index contributed by atoms with van der Waals surface area (Å²) in [6.45, 7) is 0.501. The summed E-state index contributed by atoms with van der Waals surface area (Å²) in [5, 5.41) is 3.07. The summed E-state index contributed by atoms with van der Waals surface area (Å²) in [6.07, 6.45) is 9.14. The maximum Gasteiger partial charge on any atom is 0.243 e. The number of carbonyl (C=O) groups excluding carboxylic acids is 2. The second-order valence-corrected chi connectivity index (χ2v) is 8.32. The Bertz CT molecular complexity index is 653. The summed E-state index contributed by atoms with van der Waals surface area (Å²) < 4.78 is 6.06. The first-order valence-corrected chi connectivity index (χ1v) is 10.5. The van der Waals surface area contributed by atoms with E-state index in [0.717, 1.165) is 25.0 Å². The van der Waals surface area contributed by atoms with Gasteiger partial charge in [0.05, 0.1) is 6.54 Å². The molecule has 146 valence electrons. The van der Waals surface area contributed by atoms with Crippen LogP contribution in [0.5, 0.6) is 5.75 Å². The van der Waals surface area contributed by atoms with Gasteiger partial charge in [0.1, 0.15) is 17.9 Å². The molecule has 2 amide bonds. The van der Waals surface area contributed by atoms with Crippen molar-refractivity contribution in [3.63, 3.8) is 0 Å². The summed E-state index contributed by atoms with van der Waals surface area (Å²) in [5.74, 6) is 1.58. The van der Waals surface area contributed by atoms with E-state index >= 15 is 0 Å². The van der Waals surface area contributed by atoms with E-state index in [1.807, 2.05) is 30.3 Å². The number of likely N-dealkylation sites (tertiary alicyclic amines) is 1. The lowest BCUT2D eigenvalue weighted by Gasteiger charge is -2.24. The molecule has 27 heavy (non-hydrogen) atoms. The van der Waals surface area contributed by atoms with Crippen molar-refractivity contribution in [3.8, 4) is 5.75 Å². The minimum atomic E-state index is -0.393. The molecule has 3 aliphatic rings. The van der Waals surface area contributed by atoms with Crippen molar-refractivity contribution in [3.05, 3.63) is 30.3 Å². The highest BCUT2D eigenvalue weighted by atomic mass is 16.5. The minimum Gasteiger partial charge on any atom is -0.488 e. The van der Waals surface area contributed by atoms with Crippen LogP contribution in [0.4, 0.5) is 0 Å². The van der Waals surface area contributed by atoms with Crippen LogP contribution < -0.4 is 10.1 Å². The lowest BCUT2D eigenvalue weighted by atomic mass is 10.0. The van der Waals surface area contributed by atoms with Gasteiger partial charge in [0.15, 0.2) is 0 Å². The highest BCUT2D eigenvalue weighted by molar-refractivity contribution is 5.88. The molecule has 3 fully saturated rings. The van der Waals surface area contributed by atoms with E-state index < -0.39 is 6.04 Å². The van der Waals surface area contributed by atoms with Crippen molar-refractivity contribution < 1.29 is 14.3 Å². The zero-order valence-electron chi connectivity index (χ0n) is 15.9. The zero-order valence-corrected chi connectivity index (χ0v) is 15.9. The molecule has 0 unspecified atom stereocenters. The molecule has 0 radical (unpaired) electrons. The normalized spacial score (nSPS) is 25.6.